The fraction of sp³-hybridized carbons (Fsp3) is 0.316. The molecule has 2 heterocycles. The van der Waals surface area contributed by atoms with Crippen molar-refractivity contribution in [3.05, 3.63) is 52.3 Å². The molecule has 0 bridgehead atoms. The number of pyridine rings is 2. The summed E-state index contributed by atoms with van der Waals surface area (Å²) in [6, 6.07) is 9.98. The van der Waals surface area contributed by atoms with E-state index in [1.54, 1.807) is 14.2 Å². The van der Waals surface area contributed by atoms with Gasteiger partial charge in [-0.2, -0.15) is 0 Å². The van der Waals surface area contributed by atoms with E-state index in [-0.39, 0.29) is 5.43 Å². The Morgan fingerprint density at radius 1 is 1.09 bits per heavy atom. The molecule has 0 spiro atoms. The first-order valence-corrected chi connectivity index (χ1v) is 7.75. The van der Waals surface area contributed by atoms with E-state index in [1.807, 2.05) is 40.9 Å². The highest BCUT2D eigenvalue weighted by molar-refractivity contribution is 5.99. The second-order valence-corrected chi connectivity index (χ2v) is 6.07. The van der Waals surface area contributed by atoms with Crippen LogP contribution in [0.2, 0.25) is 0 Å². The minimum atomic E-state index is -0.0885. The molecule has 2 aromatic heterocycles. The van der Waals surface area contributed by atoms with Crippen LogP contribution >= 0.6 is 0 Å². The summed E-state index contributed by atoms with van der Waals surface area (Å²) in [4.78, 5) is 13.0. The van der Waals surface area contributed by atoms with Gasteiger partial charge in [0.05, 0.1) is 19.8 Å². The largest absolute Gasteiger partial charge is 0.491 e. The van der Waals surface area contributed by atoms with Crippen molar-refractivity contribution in [2.45, 2.75) is 20.3 Å². The van der Waals surface area contributed by atoms with E-state index in [2.05, 4.69) is 13.8 Å². The molecule has 0 aliphatic rings. The fourth-order valence-corrected chi connectivity index (χ4v) is 3.10. The number of aromatic nitrogens is 1. The van der Waals surface area contributed by atoms with Crippen LogP contribution in [-0.2, 0) is 6.42 Å². The number of hydrogen-bond donors (Lipinski definition) is 0. The second-order valence-electron chi connectivity index (χ2n) is 6.07. The summed E-state index contributed by atoms with van der Waals surface area (Å²) in [6.07, 6.45) is 2.58. The third-order valence-corrected chi connectivity index (χ3v) is 4.04. The maximum Gasteiger partial charge on any atom is 0.231 e. The third-order valence-electron chi connectivity index (χ3n) is 4.04. The maximum absolute atomic E-state index is 13.0. The molecule has 1 aromatic carbocycles. The molecule has 0 saturated heterocycles. The Hall–Kier alpha value is -2.49. The van der Waals surface area contributed by atoms with E-state index in [4.69, 9.17) is 9.47 Å². The zero-order valence-electron chi connectivity index (χ0n) is 13.9. The van der Waals surface area contributed by atoms with Crippen molar-refractivity contribution in [1.29, 1.82) is 0 Å². The lowest BCUT2D eigenvalue weighted by Gasteiger charge is -2.18. The molecule has 3 rings (SSSR count). The second kappa shape index (κ2) is 5.95. The van der Waals surface area contributed by atoms with Crippen LogP contribution < -0.4 is 14.9 Å². The number of benzene rings is 1. The van der Waals surface area contributed by atoms with Crippen LogP contribution in [0, 0.1) is 5.92 Å². The molecule has 0 atom stereocenters. The van der Waals surface area contributed by atoms with E-state index in [0.29, 0.717) is 29.5 Å². The summed E-state index contributed by atoms with van der Waals surface area (Å²) in [5.74, 6) is 1.31. The van der Waals surface area contributed by atoms with Crippen molar-refractivity contribution >= 4 is 16.3 Å². The Morgan fingerprint density at radius 2 is 1.83 bits per heavy atom. The summed E-state index contributed by atoms with van der Waals surface area (Å²) in [5.41, 5.74) is 1.32. The minimum absolute atomic E-state index is 0.0885. The Morgan fingerprint density at radius 3 is 2.48 bits per heavy atom. The van der Waals surface area contributed by atoms with Crippen molar-refractivity contribution < 1.29 is 9.47 Å². The molecular formula is C19H21NO3. The lowest BCUT2D eigenvalue weighted by atomic mass is 10.0. The first kappa shape index (κ1) is 15.4. The molecule has 0 aliphatic carbocycles. The highest BCUT2D eigenvalue weighted by Crippen LogP contribution is 2.31. The van der Waals surface area contributed by atoms with Gasteiger partial charge in [-0.25, -0.2) is 0 Å². The minimum Gasteiger partial charge on any atom is -0.491 e. The summed E-state index contributed by atoms with van der Waals surface area (Å²) in [7, 11) is 3.15. The van der Waals surface area contributed by atoms with Crippen molar-refractivity contribution in [2.24, 2.45) is 5.92 Å². The molecule has 0 unspecified atom stereocenters. The molecule has 0 radical (unpaired) electrons. The molecule has 0 N–H and O–H groups in total. The summed E-state index contributed by atoms with van der Waals surface area (Å²) in [5, 5.41) is 2.03. The normalized spacial score (nSPS) is 11.3. The van der Waals surface area contributed by atoms with Gasteiger partial charge in [-0.15, -0.1) is 0 Å². The molecule has 0 fully saturated rings. The average Bonchev–Trinajstić information content (AvgIpc) is 2.55. The number of ether oxygens (including phenoxy) is 2. The quantitative estimate of drug-likeness (QED) is 0.690. The number of hydrogen-bond acceptors (Lipinski definition) is 3. The maximum atomic E-state index is 13.0. The van der Waals surface area contributed by atoms with Gasteiger partial charge in [0.25, 0.3) is 0 Å². The Bertz CT molecular complexity index is 925. The van der Waals surface area contributed by atoms with Crippen LogP contribution in [0.1, 0.15) is 19.4 Å². The third kappa shape index (κ3) is 2.44. The van der Waals surface area contributed by atoms with Gasteiger partial charge in [-0.1, -0.05) is 38.1 Å². The van der Waals surface area contributed by atoms with Crippen LogP contribution in [-0.4, -0.2) is 18.6 Å². The molecule has 23 heavy (non-hydrogen) atoms. The zero-order valence-corrected chi connectivity index (χ0v) is 13.9. The van der Waals surface area contributed by atoms with Gasteiger partial charge in [0, 0.05) is 11.6 Å². The first-order chi connectivity index (χ1) is 11.1. The van der Waals surface area contributed by atoms with Gasteiger partial charge >= 0.3 is 0 Å². The van der Waals surface area contributed by atoms with E-state index in [9.17, 15) is 4.79 Å². The van der Waals surface area contributed by atoms with Crippen LogP contribution in [0.4, 0.5) is 0 Å². The van der Waals surface area contributed by atoms with Crippen molar-refractivity contribution in [3.8, 4) is 11.6 Å². The summed E-state index contributed by atoms with van der Waals surface area (Å²) < 4.78 is 13.0. The van der Waals surface area contributed by atoms with E-state index >= 15 is 0 Å². The number of methoxy groups -OCH3 is 2. The van der Waals surface area contributed by atoms with Crippen molar-refractivity contribution in [1.82, 2.24) is 4.40 Å². The number of rotatable bonds is 4. The van der Waals surface area contributed by atoms with Crippen LogP contribution in [0.25, 0.3) is 16.3 Å². The molecule has 3 aromatic rings. The fourth-order valence-electron chi connectivity index (χ4n) is 3.10. The topological polar surface area (TPSA) is 39.9 Å². The lowest BCUT2D eigenvalue weighted by molar-refractivity contribution is 0.374. The summed E-state index contributed by atoms with van der Waals surface area (Å²) in [6.45, 7) is 4.17. The van der Waals surface area contributed by atoms with Crippen LogP contribution in [0.3, 0.4) is 0 Å². The van der Waals surface area contributed by atoms with Crippen LogP contribution in [0.15, 0.2) is 41.3 Å². The van der Waals surface area contributed by atoms with E-state index in [0.717, 1.165) is 16.3 Å². The standard InChI is InChI=1S/C19H21NO3/c1-12(2)11-15-17(21)18(22-3)16-14-8-6-5-7-13(14)9-10-20(16)19(15)23-4/h5-10,12H,11H2,1-4H3. The number of nitrogens with zero attached hydrogens (tertiary/aromatic N) is 1. The zero-order chi connectivity index (χ0) is 16.6. The van der Waals surface area contributed by atoms with Gasteiger partial charge in [0.1, 0.15) is 5.52 Å². The monoisotopic (exact) mass is 311 g/mol. The lowest BCUT2D eigenvalue weighted by Crippen LogP contribution is -2.19. The van der Waals surface area contributed by atoms with Crippen LogP contribution in [0.5, 0.6) is 11.6 Å². The molecule has 0 aliphatic heterocycles. The smallest absolute Gasteiger partial charge is 0.231 e. The molecular weight excluding hydrogens is 290 g/mol. The molecule has 120 valence electrons. The van der Waals surface area contributed by atoms with Gasteiger partial charge in [-0.3, -0.25) is 9.20 Å². The molecule has 0 amide bonds. The Labute approximate surface area is 135 Å². The predicted molar refractivity (Wildman–Crippen MR) is 92.8 cm³/mol. The van der Waals surface area contributed by atoms with Gasteiger partial charge in [-0.05, 0) is 23.8 Å². The van der Waals surface area contributed by atoms with Gasteiger partial charge in [0.15, 0.2) is 5.75 Å². The molecule has 0 saturated carbocycles. The Kier molecular flexibility index (Phi) is 3.99. The van der Waals surface area contributed by atoms with Gasteiger partial charge in [0.2, 0.25) is 11.3 Å². The molecule has 4 nitrogen and oxygen atoms in total. The first-order valence-electron chi connectivity index (χ1n) is 7.75. The Balaban J connectivity index is 2.53. The number of fused-ring (bicyclic) bond motifs is 3. The predicted octanol–water partition coefficient (Wildman–Crippen LogP) is 3.67. The molecule has 4 heteroatoms. The SMILES string of the molecule is COc1c(=O)c(CC(C)C)c(OC)n2ccc3ccccc3c12. The highest BCUT2D eigenvalue weighted by Gasteiger charge is 2.21. The summed E-state index contributed by atoms with van der Waals surface area (Å²) >= 11 is 0. The van der Waals surface area contributed by atoms with E-state index < -0.39 is 0 Å². The average molecular weight is 311 g/mol. The van der Waals surface area contributed by atoms with Crippen molar-refractivity contribution in [3.63, 3.8) is 0 Å². The highest BCUT2D eigenvalue weighted by atomic mass is 16.5. The van der Waals surface area contributed by atoms with Gasteiger partial charge < -0.3 is 9.47 Å². The van der Waals surface area contributed by atoms with Crippen molar-refractivity contribution in [2.75, 3.05) is 14.2 Å². The van der Waals surface area contributed by atoms with E-state index in [1.165, 1.54) is 0 Å².